The monoisotopic (exact) mass is 286 g/mol. The lowest BCUT2D eigenvalue weighted by molar-refractivity contribution is -0.122. The summed E-state index contributed by atoms with van der Waals surface area (Å²) in [7, 11) is 0. The van der Waals surface area contributed by atoms with Crippen molar-refractivity contribution in [1.82, 2.24) is 10.6 Å². The molecule has 1 amide bonds. The molecule has 0 radical (unpaired) electrons. The number of carbonyl (C=O) groups is 1. The lowest BCUT2D eigenvalue weighted by Gasteiger charge is -2.21. The molecule has 1 saturated heterocycles. The molecule has 2 bridgehead atoms. The van der Waals surface area contributed by atoms with Crippen molar-refractivity contribution < 1.29 is 4.79 Å². The van der Waals surface area contributed by atoms with Crippen molar-refractivity contribution >= 4 is 18.3 Å². The van der Waals surface area contributed by atoms with E-state index in [9.17, 15) is 4.79 Å². The first-order chi connectivity index (χ1) is 8.81. The van der Waals surface area contributed by atoms with Crippen molar-refractivity contribution in [3.05, 3.63) is 0 Å². The molecule has 0 aromatic carbocycles. The highest BCUT2D eigenvalue weighted by Crippen LogP contribution is 2.49. The van der Waals surface area contributed by atoms with E-state index in [1.807, 2.05) is 0 Å². The summed E-state index contributed by atoms with van der Waals surface area (Å²) in [4.78, 5) is 11.9. The quantitative estimate of drug-likeness (QED) is 0.815. The minimum Gasteiger partial charge on any atom is -0.356 e. The summed E-state index contributed by atoms with van der Waals surface area (Å²) in [6.45, 7) is 2.01. The van der Waals surface area contributed by atoms with E-state index < -0.39 is 0 Å². The van der Waals surface area contributed by atoms with Gasteiger partial charge in [0, 0.05) is 19.0 Å². The fourth-order valence-corrected chi connectivity index (χ4v) is 4.33. The first kappa shape index (κ1) is 15.1. The molecule has 3 nitrogen and oxygen atoms in total. The maximum absolute atomic E-state index is 11.9. The molecular weight excluding hydrogens is 260 g/mol. The average molecular weight is 287 g/mol. The molecule has 110 valence electrons. The Bertz CT molecular complexity index is 305. The third kappa shape index (κ3) is 3.85. The molecule has 4 heteroatoms. The first-order valence-electron chi connectivity index (χ1n) is 7.81. The van der Waals surface area contributed by atoms with Crippen molar-refractivity contribution in [1.29, 1.82) is 0 Å². The maximum Gasteiger partial charge on any atom is 0.220 e. The van der Waals surface area contributed by atoms with Crippen LogP contribution in [0.25, 0.3) is 0 Å². The van der Waals surface area contributed by atoms with E-state index in [1.54, 1.807) is 0 Å². The zero-order valence-corrected chi connectivity index (χ0v) is 12.5. The smallest absolute Gasteiger partial charge is 0.220 e. The molecule has 2 aliphatic carbocycles. The molecule has 0 aromatic rings. The van der Waals surface area contributed by atoms with Gasteiger partial charge in [0.15, 0.2) is 0 Å². The van der Waals surface area contributed by atoms with E-state index >= 15 is 0 Å². The van der Waals surface area contributed by atoms with Crippen LogP contribution in [-0.2, 0) is 4.79 Å². The van der Waals surface area contributed by atoms with Gasteiger partial charge < -0.3 is 10.6 Å². The van der Waals surface area contributed by atoms with Gasteiger partial charge in [-0.3, -0.25) is 4.79 Å². The van der Waals surface area contributed by atoms with Gasteiger partial charge in [0.2, 0.25) is 5.91 Å². The van der Waals surface area contributed by atoms with Gasteiger partial charge in [0.25, 0.3) is 0 Å². The van der Waals surface area contributed by atoms with Gasteiger partial charge in [-0.2, -0.15) is 0 Å². The lowest BCUT2D eigenvalue weighted by atomic mass is 9.86. The largest absolute Gasteiger partial charge is 0.356 e. The molecule has 3 unspecified atom stereocenters. The zero-order chi connectivity index (χ0) is 12.4. The van der Waals surface area contributed by atoms with Crippen molar-refractivity contribution in [2.75, 3.05) is 13.1 Å². The molecule has 3 aliphatic rings. The fourth-order valence-electron chi connectivity index (χ4n) is 4.33. The number of hydrogen-bond acceptors (Lipinski definition) is 2. The van der Waals surface area contributed by atoms with E-state index in [0.717, 1.165) is 37.8 Å². The third-order valence-corrected chi connectivity index (χ3v) is 5.31. The molecule has 3 fully saturated rings. The molecule has 4 atom stereocenters. The van der Waals surface area contributed by atoms with Crippen LogP contribution in [0.4, 0.5) is 0 Å². The molecule has 2 saturated carbocycles. The highest BCUT2D eigenvalue weighted by molar-refractivity contribution is 5.85. The van der Waals surface area contributed by atoms with E-state index in [2.05, 4.69) is 10.6 Å². The number of halogens is 1. The van der Waals surface area contributed by atoms with E-state index in [1.165, 1.54) is 38.5 Å². The zero-order valence-electron chi connectivity index (χ0n) is 11.7. The second kappa shape index (κ2) is 6.94. The molecule has 19 heavy (non-hydrogen) atoms. The second-order valence-electron chi connectivity index (χ2n) is 6.57. The molecule has 2 N–H and O–H groups in total. The predicted octanol–water partition coefficient (Wildman–Crippen LogP) is 2.49. The van der Waals surface area contributed by atoms with Gasteiger partial charge in [0.1, 0.15) is 0 Å². The van der Waals surface area contributed by atoms with Crippen molar-refractivity contribution in [2.45, 2.75) is 57.4 Å². The van der Waals surface area contributed by atoms with Crippen LogP contribution < -0.4 is 10.6 Å². The Morgan fingerprint density at radius 3 is 2.74 bits per heavy atom. The number of amides is 1. The summed E-state index contributed by atoms with van der Waals surface area (Å²) in [5.74, 6) is 2.83. The van der Waals surface area contributed by atoms with Crippen LogP contribution in [0.1, 0.15) is 51.4 Å². The fraction of sp³-hybridized carbons (Fsp3) is 0.933. The summed E-state index contributed by atoms with van der Waals surface area (Å²) in [5, 5.41) is 6.59. The average Bonchev–Trinajstić information content (AvgIpc) is 3.04. The lowest BCUT2D eigenvalue weighted by Crippen LogP contribution is -2.32. The third-order valence-electron chi connectivity index (χ3n) is 5.31. The second-order valence-corrected chi connectivity index (χ2v) is 6.57. The number of rotatable bonds is 5. The normalized spacial score (nSPS) is 36.2. The van der Waals surface area contributed by atoms with Gasteiger partial charge >= 0.3 is 0 Å². The van der Waals surface area contributed by atoms with Gasteiger partial charge in [-0.15, -0.1) is 12.4 Å². The topological polar surface area (TPSA) is 41.1 Å². The predicted molar refractivity (Wildman–Crippen MR) is 79.5 cm³/mol. The summed E-state index contributed by atoms with van der Waals surface area (Å²) < 4.78 is 0. The number of carbonyl (C=O) groups excluding carboxylic acids is 1. The van der Waals surface area contributed by atoms with Crippen LogP contribution in [-0.4, -0.2) is 25.0 Å². The van der Waals surface area contributed by atoms with Crippen LogP contribution in [0, 0.1) is 17.8 Å². The van der Waals surface area contributed by atoms with Crippen molar-refractivity contribution in [3.63, 3.8) is 0 Å². The Labute approximate surface area is 122 Å². The number of nitrogens with one attached hydrogen (secondary N) is 2. The summed E-state index contributed by atoms with van der Waals surface area (Å²) in [6, 6.07) is 0.646. The molecule has 3 rings (SSSR count). The molecular formula is C15H27ClN2O. The van der Waals surface area contributed by atoms with E-state index in [0.29, 0.717) is 17.9 Å². The molecule has 0 spiro atoms. The van der Waals surface area contributed by atoms with E-state index in [4.69, 9.17) is 0 Å². The van der Waals surface area contributed by atoms with E-state index in [-0.39, 0.29) is 12.4 Å². The highest BCUT2D eigenvalue weighted by Gasteiger charge is 2.39. The standard InChI is InChI=1S/C15H26N2O.ClH/c18-15(17-7-5-14-2-1-6-16-14)10-13-9-11-3-4-12(13)8-11;/h11-14,16H,1-10H2,(H,17,18);1H/t11?,12?,13?,14-;/m1./s1. The Balaban J connectivity index is 0.00000133. The minimum absolute atomic E-state index is 0. The van der Waals surface area contributed by atoms with Crippen LogP contribution >= 0.6 is 12.4 Å². The van der Waals surface area contributed by atoms with Crippen LogP contribution in [0.5, 0.6) is 0 Å². The van der Waals surface area contributed by atoms with Gasteiger partial charge in [-0.05, 0) is 62.8 Å². The van der Waals surface area contributed by atoms with Crippen LogP contribution in [0.15, 0.2) is 0 Å². The van der Waals surface area contributed by atoms with Gasteiger partial charge in [0.05, 0.1) is 0 Å². The first-order valence-corrected chi connectivity index (χ1v) is 7.81. The Kier molecular flexibility index (Phi) is 5.52. The summed E-state index contributed by atoms with van der Waals surface area (Å²) in [6.07, 6.45) is 10.0. The van der Waals surface area contributed by atoms with Crippen LogP contribution in [0.3, 0.4) is 0 Å². The molecule has 0 aromatic heterocycles. The number of fused-ring (bicyclic) bond motifs is 2. The highest BCUT2D eigenvalue weighted by atomic mass is 35.5. The minimum atomic E-state index is 0. The molecule has 1 aliphatic heterocycles. The Morgan fingerprint density at radius 1 is 1.21 bits per heavy atom. The maximum atomic E-state index is 11.9. The molecule has 1 heterocycles. The van der Waals surface area contributed by atoms with Gasteiger partial charge in [-0.1, -0.05) is 6.42 Å². The van der Waals surface area contributed by atoms with Crippen molar-refractivity contribution in [3.8, 4) is 0 Å². The number of hydrogen-bond donors (Lipinski definition) is 2. The SMILES string of the molecule is Cl.O=C(CC1CC2CCC1C2)NCC[C@H]1CCCN1. The van der Waals surface area contributed by atoms with Gasteiger partial charge in [-0.25, -0.2) is 0 Å². The van der Waals surface area contributed by atoms with Crippen LogP contribution in [0.2, 0.25) is 0 Å². The summed E-state index contributed by atoms with van der Waals surface area (Å²) in [5.41, 5.74) is 0. The summed E-state index contributed by atoms with van der Waals surface area (Å²) >= 11 is 0. The van der Waals surface area contributed by atoms with Crippen molar-refractivity contribution in [2.24, 2.45) is 17.8 Å². The Morgan fingerprint density at radius 2 is 2.11 bits per heavy atom. The Hall–Kier alpha value is -0.280.